The summed E-state index contributed by atoms with van der Waals surface area (Å²) in [6, 6.07) is 14.2. The Labute approximate surface area is 184 Å². The van der Waals surface area contributed by atoms with Crippen LogP contribution in [0.15, 0.2) is 71.8 Å². The van der Waals surface area contributed by atoms with Gasteiger partial charge in [0.2, 0.25) is 5.88 Å². The summed E-state index contributed by atoms with van der Waals surface area (Å²) >= 11 is 0. The minimum absolute atomic E-state index is 0.0322. The van der Waals surface area contributed by atoms with E-state index in [-0.39, 0.29) is 21.9 Å². The van der Waals surface area contributed by atoms with Crippen molar-refractivity contribution in [1.29, 1.82) is 0 Å². The normalized spacial score (nSPS) is 12.3. The third-order valence-electron chi connectivity index (χ3n) is 4.28. The van der Waals surface area contributed by atoms with Gasteiger partial charge in [-0.25, -0.2) is 13.4 Å². The Hall–Kier alpha value is -3.27. The lowest BCUT2D eigenvalue weighted by atomic mass is 9.86. The number of aromatic nitrogens is 1. The first kappa shape index (κ1) is 23.4. The van der Waals surface area contributed by atoms with Crippen molar-refractivity contribution < 1.29 is 31.1 Å². The number of benzene rings is 2. The third kappa shape index (κ3) is 5.91. The Balaban J connectivity index is 1.87. The number of nitrogens with one attached hydrogen (secondary N) is 1. The van der Waals surface area contributed by atoms with E-state index < -0.39 is 22.1 Å². The average Bonchev–Trinajstić information content (AvgIpc) is 2.68. The highest BCUT2D eigenvalue weighted by Crippen LogP contribution is 2.36. The second kappa shape index (κ2) is 8.70. The van der Waals surface area contributed by atoms with E-state index in [1.54, 1.807) is 12.1 Å². The number of pyridine rings is 1. The smallest absolute Gasteiger partial charge is 0.437 e. The van der Waals surface area contributed by atoms with Gasteiger partial charge in [-0.05, 0) is 47.9 Å². The maximum atomic E-state index is 12.8. The van der Waals surface area contributed by atoms with E-state index in [1.807, 2.05) is 32.9 Å². The predicted octanol–water partition coefficient (Wildman–Crippen LogP) is 5.87. The van der Waals surface area contributed by atoms with Gasteiger partial charge in [0, 0.05) is 11.8 Å². The van der Waals surface area contributed by atoms with Crippen molar-refractivity contribution in [2.45, 2.75) is 37.4 Å². The zero-order valence-electron chi connectivity index (χ0n) is 17.5. The number of rotatable bonds is 6. The summed E-state index contributed by atoms with van der Waals surface area (Å²) in [6.07, 6.45) is -3.42. The standard InChI is InChI=1S/C22H21F3N2O4S/c1-21(2,3)17-7-4-5-9-19(17)30-20-18(8-6-14-26-20)27-32(28,29)16-12-10-15(11-13-16)31-22(23,24)25/h4-14,27H,1-3H3. The van der Waals surface area contributed by atoms with Gasteiger partial charge in [-0.3, -0.25) is 4.72 Å². The Kier molecular flexibility index (Phi) is 6.36. The van der Waals surface area contributed by atoms with Gasteiger partial charge in [-0.15, -0.1) is 13.2 Å². The van der Waals surface area contributed by atoms with E-state index in [1.165, 1.54) is 18.3 Å². The highest BCUT2D eigenvalue weighted by atomic mass is 32.2. The van der Waals surface area contributed by atoms with Gasteiger partial charge in [0.1, 0.15) is 17.2 Å². The number of ether oxygens (including phenoxy) is 2. The van der Waals surface area contributed by atoms with Crippen LogP contribution in [0.1, 0.15) is 26.3 Å². The molecule has 0 radical (unpaired) electrons. The summed E-state index contributed by atoms with van der Waals surface area (Å²) in [5, 5.41) is 0. The number of hydrogen-bond donors (Lipinski definition) is 1. The summed E-state index contributed by atoms with van der Waals surface area (Å²) in [4.78, 5) is 3.88. The van der Waals surface area contributed by atoms with E-state index >= 15 is 0 Å². The fourth-order valence-corrected chi connectivity index (χ4v) is 3.91. The molecule has 0 saturated heterocycles. The Morgan fingerprint density at radius 3 is 2.19 bits per heavy atom. The van der Waals surface area contributed by atoms with Crippen LogP contribution in [0.5, 0.6) is 17.4 Å². The summed E-state index contributed by atoms with van der Waals surface area (Å²) < 4.78 is 74.6. The lowest BCUT2D eigenvalue weighted by Crippen LogP contribution is -2.17. The first-order valence-electron chi connectivity index (χ1n) is 9.46. The van der Waals surface area contributed by atoms with Gasteiger partial charge in [0.25, 0.3) is 10.0 Å². The van der Waals surface area contributed by atoms with Crippen LogP contribution in [0.2, 0.25) is 0 Å². The molecule has 3 rings (SSSR count). The summed E-state index contributed by atoms with van der Waals surface area (Å²) in [5.41, 5.74) is 0.747. The van der Waals surface area contributed by atoms with Gasteiger partial charge in [0.05, 0.1) is 4.90 Å². The van der Waals surface area contributed by atoms with Gasteiger partial charge in [-0.2, -0.15) is 0 Å². The van der Waals surface area contributed by atoms with Gasteiger partial charge in [-0.1, -0.05) is 39.0 Å². The van der Waals surface area contributed by atoms with E-state index in [4.69, 9.17) is 4.74 Å². The maximum absolute atomic E-state index is 12.8. The molecule has 0 bridgehead atoms. The Morgan fingerprint density at radius 2 is 1.56 bits per heavy atom. The summed E-state index contributed by atoms with van der Waals surface area (Å²) in [7, 11) is -4.13. The van der Waals surface area contributed by atoms with Crippen molar-refractivity contribution >= 4 is 15.7 Å². The molecule has 1 heterocycles. The average molecular weight is 466 g/mol. The second-order valence-corrected chi connectivity index (χ2v) is 9.51. The fraction of sp³-hybridized carbons (Fsp3) is 0.227. The zero-order valence-corrected chi connectivity index (χ0v) is 18.3. The minimum Gasteiger partial charge on any atom is -0.437 e. The molecule has 10 heteroatoms. The van der Waals surface area contributed by atoms with Gasteiger partial charge < -0.3 is 9.47 Å². The molecule has 0 saturated carbocycles. The molecule has 0 aliphatic heterocycles. The number of halogens is 3. The Bertz CT molecular complexity index is 1190. The monoisotopic (exact) mass is 466 g/mol. The second-order valence-electron chi connectivity index (χ2n) is 7.83. The molecule has 6 nitrogen and oxygen atoms in total. The topological polar surface area (TPSA) is 77.5 Å². The molecule has 0 fully saturated rings. The fourth-order valence-electron chi connectivity index (χ4n) is 2.85. The van der Waals surface area contributed by atoms with Crippen LogP contribution in [-0.2, 0) is 15.4 Å². The molecule has 0 unspecified atom stereocenters. The van der Waals surface area contributed by atoms with Crippen LogP contribution >= 0.6 is 0 Å². The van der Waals surface area contributed by atoms with Crippen LogP contribution in [0.3, 0.4) is 0 Å². The Morgan fingerprint density at radius 1 is 0.906 bits per heavy atom. The third-order valence-corrected chi connectivity index (χ3v) is 5.67. The number of sulfonamides is 1. The lowest BCUT2D eigenvalue weighted by Gasteiger charge is -2.22. The van der Waals surface area contributed by atoms with Crippen molar-refractivity contribution in [2.24, 2.45) is 0 Å². The van der Waals surface area contributed by atoms with E-state index in [2.05, 4.69) is 14.4 Å². The number of anilines is 1. The molecule has 0 amide bonds. The molecule has 3 aromatic rings. The van der Waals surface area contributed by atoms with E-state index in [0.717, 1.165) is 29.8 Å². The van der Waals surface area contributed by atoms with E-state index in [9.17, 15) is 21.6 Å². The van der Waals surface area contributed by atoms with Crippen LogP contribution in [-0.4, -0.2) is 19.8 Å². The van der Waals surface area contributed by atoms with Crippen molar-refractivity contribution in [2.75, 3.05) is 4.72 Å². The number of hydrogen-bond acceptors (Lipinski definition) is 5. The molecule has 1 aromatic heterocycles. The molecule has 2 aromatic carbocycles. The molecule has 1 N–H and O–H groups in total. The van der Waals surface area contributed by atoms with Crippen molar-refractivity contribution in [3.8, 4) is 17.4 Å². The first-order chi connectivity index (χ1) is 14.9. The van der Waals surface area contributed by atoms with Crippen LogP contribution in [0.25, 0.3) is 0 Å². The molecule has 0 spiro atoms. The minimum atomic E-state index is -4.87. The van der Waals surface area contributed by atoms with E-state index in [0.29, 0.717) is 5.75 Å². The zero-order chi connectivity index (χ0) is 23.6. The van der Waals surface area contributed by atoms with Crippen LogP contribution < -0.4 is 14.2 Å². The number of para-hydroxylation sites is 1. The quantitative estimate of drug-likeness (QED) is 0.492. The summed E-state index contributed by atoms with van der Waals surface area (Å²) in [6.45, 7) is 6.05. The maximum Gasteiger partial charge on any atom is 0.573 e. The SMILES string of the molecule is CC(C)(C)c1ccccc1Oc1ncccc1NS(=O)(=O)c1ccc(OC(F)(F)F)cc1. The molecular weight excluding hydrogens is 445 g/mol. The predicted molar refractivity (Wildman–Crippen MR) is 113 cm³/mol. The molecule has 32 heavy (non-hydrogen) atoms. The highest BCUT2D eigenvalue weighted by Gasteiger charge is 2.31. The molecular formula is C22H21F3N2O4S. The van der Waals surface area contributed by atoms with Crippen LogP contribution in [0, 0.1) is 0 Å². The molecule has 0 aliphatic carbocycles. The number of nitrogens with zero attached hydrogens (tertiary/aromatic N) is 1. The highest BCUT2D eigenvalue weighted by molar-refractivity contribution is 7.92. The van der Waals surface area contributed by atoms with Gasteiger partial charge in [0.15, 0.2) is 0 Å². The van der Waals surface area contributed by atoms with Crippen LogP contribution in [0.4, 0.5) is 18.9 Å². The molecule has 0 atom stereocenters. The van der Waals surface area contributed by atoms with Crippen molar-refractivity contribution in [1.82, 2.24) is 4.98 Å². The first-order valence-corrected chi connectivity index (χ1v) is 10.9. The number of alkyl halides is 3. The largest absolute Gasteiger partial charge is 0.573 e. The lowest BCUT2D eigenvalue weighted by molar-refractivity contribution is -0.274. The summed E-state index contributed by atoms with van der Waals surface area (Å²) in [5.74, 6) is 0.0261. The van der Waals surface area contributed by atoms with Crippen molar-refractivity contribution in [3.05, 3.63) is 72.4 Å². The molecule has 0 aliphatic rings. The van der Waals surface area contributed by atoms with Crippen molar-refractivity contribution in [3.63, 3.8) is 0 Å². The van der Waals surface area contributed by atoms with Gasteiger partial charge >= 0.3 is 6.36 Å². The molecule has 170 valence electrons.